The molecular weight excluding hydrogens is 1040 g/mol. The molecule has 0 aliphatic heterocycles. The third-order valence-corrected chi connectivity index (χ3v) is 22.8. The van der Waals surface area contributed by atoms with Crippen molar-refractivity contribution in [3.8, 4) is 50.9 Å². The van der Waals surface area contributed by atoms with E-state index in [1.807, 2.05) is 12.3 Å². The van der Waals surface area contributed by atoms with Gasteiger partial charge in [-0.15, -0.1) is 0 Å². The zero-order valence-electron chi connectivity index (χ0n) is 48.9. The van der Waals surface area contributed by atoms with Crippen LogP contribution in [-0.2, 0) is 16.2 Å². The average molecular weight is 1110 g/mol. The van der Waals surface area contributed by atoms with Crippen molar-refractivity contribution < 1.29 is 9.30 Å². The van der Waals surface area contributed by atoms with Crippen molar-refractivity contribution in [1.82, 2.24) is 14.1 Å². The second-order valence-corrected chi connectivity index (χ2v) is 29.0. The monoisotopic (exact) mass is 1100 g/mol. The van der Waals surface area contributed by atoms with E-state index in [0.29, 0.717) is 0 Å². The lowest BCUT2D eigenvalue weighted by molar-refractivity contribution is -0.571. The van der Waals surface area contributed by atoms with Gasteiger partial charge in [-0.25, -0.2) is 4.98 Å². The molecule has 0 saturated heterocycles. The highest BCUT2D eigenvalue weighted by atomic mass is 28.3. The minimum atomic E-state index is -2.89. The van der Waals surface area contributed by atoms with Gasteiger partial charge in [-0.3, -0.25) is 13.7 Å². The quantitative estimate of drug-likeness (QED) is 0.0560. The third kappa shape index (κ3) is 8.99. The maximum absolute atomic E-state index is 6.92. The van der Waals surface area contributed by atoms with E-state index < -0.39 is 8.07 Å². The fourth-order valence-corrected chi connectivity index (χ4v) is 18.3. The van der Waals surface area contributed by atoms with Crippen LogP contribution in [0.4, 0.5) is 0 Å². The molecule has 14 rings (SSSR count). The summed E-state index contributed by atoms with van der Waals surface area (Å²) in [5, 5.41) is 7.66. The predicted molar refractivity (Wildman–Crippen MR) is 351 cm³/mol. The smallest absolute Gasteiger partial charge is 0.269 e. The van der Waals surface area contributed by atoms with E-state index in [1.54, 1.807) is 0 Å². The fraction of sp³-hybridized carbons (Fsp3) is 0.154. The molecular formula is C78H68N4OSi. The maximum Gasteiger partial charge on any atom is 0.269 e. The topological polar surface area (TPSA) is 35.9 Å². The van der Waals surface area contributed by atoms with Gasteiger partial charge in [0.1, 0.15) is 17.3 Å². The summed E-state index contributed by atoms with van der Waals surface area (Å²) in [6.07, 6.45) is 8.22. The number of nitrogens with zero attached hydrogens (tertiary/aromatic N) is 4. The van der Waals surface area contributed by atoms with Crippen LogP contribution in [0.2, 0.25) is 0 Å². The van der Waals surface area contributed by atoms with E-state index >= 15 is 0 Å². The van der Waals surface area contributed by atoms with Crippen LogP contribution in [0.3, 0.4) is 0 Å². The number of hydrogen-bond acceptors (Lipinski definition) is 2. The van der Waals surface area contributed by atoms with Crippen LogP contribution >= 0.6 is 0 Å². The molecule has 410 valence electrons. The van der Waals surface area contributed by atoms with Crippen LogP contribution in [0.15, 0.2) is 261 Å². The molecule has 1 aliphatic rings. The molecule has 0 spiro atoms. The number of fused-ring (bicyclic) bond motifs is 5. The molecule has 0 unspecified atom stereocenters. The molecule has 0 amide bonds. The minimum absolute atomic E-state index is 0.0229. The number of aromatic nitrogens is 4. The van der Waals surface area contributed by atoms with Crippen molar-refractivity contribution in [2.24, 2.45) is 0 Å². The Bertz CT molecular complexity index is 4530. The van der Waals surface area contributed by atoms with Gasteiger partial charge in [0.05, 0.1) is 33.4 Å². The Kier molecular flexibility index (Phi) is 12.9. The van der Waals surface area contributed by atoms with E-state index in [1.165, 1.54) is 48.4 Å². The van der Waals surface area contributed by atoms with Gasteiger partial charge < -0.3 is 4.74 Å². The van der Waals surface area contributed by atoms with Crippen molar-refractivity contribution >= 4 is 61.7 Å². The Hall–Kier alpha value is -9.36. The van der Waals surface area contributed by atoms with Crippen LogP contribution in [0.25, 0.3) is 72.3 Å². The van der Waals surface area contributed by atoms with E-state index in [2.05, 4.69) is 317 Å². The Morgan fingerprint density at radius 2 is 1.05 bits per heavy atom. The summed E-state index contributed by atoms with van der Waals surface area (Å²) in [7, 11) is -2.89. The highest BCUT2D eigenvalue weighted by molar-refractivity contribution is 7.19. The Morgan fingerprint density at radius 3 is 1.74 bits per heavy atom. The fourth-order valence-electron chi connectivity index (χ4n) is 13.5. The molecule has 3 heterocycles. The summed E-state index contributed by atoms with van der Waals surface area (Å²) in [6, 6.07) is 93.7. The SMILES string of the molecule is CC(C)(C)c1ccnc(-n2c3ccccc3c3ccc(Oc4cccc(-n5[c-][n+](-c6c(-c7cccc([Si](c8ccccc8)(c8ccccc8)c8ccccc8)c7)cccc6-c6ccc7c(c6)C(C)(C)CCC7(C)C)c6ccccc65)c4)cc32)c1. The highest BCUT2D eigenvalue weighted by Gasteiger charge is 2.42. The first-order valence-corrected chi connectivity index (χ1v) is 31.6. The Morgan fingerprint density at radius 1 is 0.476 bits per heavy atom. The Balaban J connectivity index is 0.942. The minimum Gasteiger partial charge on any atom is -0.458 e. The summed E-state index contributed by atoms with van der Waals surface area (Å²) >= 11 is 0. The summed E-state index contributed by atoms with van der Waals surface area (Å²) < 4.78 is 13.7. The van der Waals surface area contributed by atoms with E-state index in [-0.39, 0.29) is 16.2 Å². The largest absolute Gasteiger partial charge is 0.458 e. The van der Waals surface area contributed by atoms with Gasteiger partial charge in [-0.05, 0) is 137 Å². The normalized spacial score (nSPS) is 14.0. The van der Waals surface area contributed by atoms with Gasteiger partial charge in [-0.2, -0.15) is 0 Å². The van der Waals surface area contributed by atoms with Crippen LogP contribution in [0.1, 0.15) is 78.0 Å². The van der Waals surface area contributed by atoms with Crippen molar-refractivity contribution in [3.63, 3.8) is 0 Å². The third-order valence-electron chi connectivity index (χ3n) is 18.0. The molecule has 10 aromatic carbocycles. The lowest BCUT2D eigenvalue weighted by Gasteiger charge is -2.42. The van der Waals surface area contributed by atoms with E-state index in [9.17, 15) is 0 Å². The van der Waals surface area contributed by atoms with Gasteiger partial charge in [0.15, 0.2) is 8.07 Å². The van der Waals surface area contributed by atoms with Crippen molar-refractivity contribution in [2.45, 2.75) is 77.6 Å². The van der Waals surface area contributed by atoms with Gasteiger partial charge in [0, 0.05) is 23.0 Å². The number of benzene rings is 10. The first-order chi connectivity index (χ1) is 40.8. The second kappa shape index (κ2) is 20.5. The van der Waals surface area contributed by atoms with E-state index in [4.69, 9.17) is 9.72 Å². The molecule has 0 atom stereocenters. The van der Waals surface area contributed by atoms with Crippen LogP contribution < -0.4 is 30.1 Å². The average Bonchev–Trinajstić information content (AvgIpc) is 4.08. The van der Waals surface area contributed by atoms with Crippen molar-refractivity contribution in [3.05, 3.63) is 284 Å². The molecule has 1 aliphatic carbocycles. The molecule has 13 aromatic rings. The second-order valence-electron chi connectivity index (χ2n) is 25.2. The standard InChI is InChI=1S/C78H68N4OSi/c1-76(2,3)56-44-47-79-74(50-56)82-70-37-18-17-34-66(70)67-42-41-59(52-73(67)82)83-58-26-22-25-57(51-58)80-53-81(72-39-20-19-38-71(72)80)75-64(35-23-36-65(75)55-40-43-68-69(49-55)78(6,7)46-45-77(68,4)5)54-24-21-33-63(48-54)84(60-27-11-8-12-28-60,61-29-13-9-14-30-61)62-31-15-10-16-32-62/h8-44,47-52H,45-46H2,1-7H3. The van der Waals surface area contributed by atoms with E-state index in [0.717, 1.165) is 85.7 Å². The number of ether oxygens (including phenoxy) is 1. The molecule has 6 heteroatoms. The zero-order valence-corrected chi connectivity index (χ0v) is 49.9. The number of rotatable bonds is 11. The number of imidazole rings is 1. The first kappa shape index (κ1) is 52.7. The van der Waals surface area contributed by atoms with Gasteiger partial charge in [0.25, 0.3) is 6.33 Å². The summed E-state index contributed by atoms with van der Waals surface area (Å²) in [5.41, 5.74) is 15.0. The maximum atomic E-state index is 6.92. The summed E-state index contributed by atoms with van der Waals surface area (Å²) in [5.74, 6) is 2.35. The summed E-state index contributed by atoms with van der Waals surface area (Å²) in [6.45, 7) is 16.4. The van der Waals surface area contributed by atoms with Crippen LogP contribution in [0, 0.1) is 6.33 Å². The molecule has 0 radical (unpaired) electrons. The molecule has 5 nitrogen and oxygen atoms in total. The summed E-state index contributed by atoms with van der Waals surface area (Å²) in [4.78, 5) is 4.94. The number of para-hydroxylation sites is 4. The lowest BCUT2D eigenvalue weighted by Crippen LogP contribution is -2.74. The molecule has 84 heavy (non-hydrogen) atoms. The number of pyridine rings is 1. The first-order valence-electron chi connectivity index (χ1n) is 29.6. The lowest BCUT2D eigenvalue weighted by atomic mass is 9.63. The molecule has 3 aromatic heterocycles. The van der Waals surface area contributed by atoms with Gasteiger partial charge >= 0.3 is 0 Å². The van der Waals surface area contributed by atoms with Crippen molar-refractivity contribution in [1.29, 1.82) is 0 Å². The van der Waals surface area contributed by atoms with Crippen molar-refractivity contribution in [2.75, 3.05) is 0 Å². The molecule has 0 fully saturated rings. The van der Waals surface area contributed by atoms with Gasteiger partial charge in [0.2, 0.25) is 0 Å². The van der Waals surface area contributed by atoms with Crippen LogP contribution in [-0.4, -0.2) is 22.2 Å². The molecule has 0 bridgehead atoms. The van der Waals surface area contributed by atoms with Gasteiger partial charge in [-0.1, -0.05) is 249 Å². The predicted octanol–water partition coefficient (Wildman–Crippen LogP) is 16.3. The highest BCUT2D eigenvalue weighted by Crippen LogP contribution is 2.48. The number of hydrogen-bond donors (Lipinski definition) is 0. The Labute approximate surface area is 494 Å². The molecule has 0 N–H and O–H groups in total. The van der Waals surface area contributed by atoms with Crippen LogP contribution in [0.5, 0.6) is 11.5 Å². The zero-order chi connectivity index (χ0) is 57.4. The molecule has 0 saturated carbocycles.